The predicted octanol–water partition coefficient (Wildman–Crippen LogP) is 18.6. The van der Waals surface area contributed by atoms with E-state index in [0.29, 0.717) is 33.7 Å². The van der Waals surface area contributed by atoms with Gasteiger partial charge in [0.2, 0.25) is 0 Å². The van der Waals surface area contributed by atoms with Crippen LogP contribution in [0.25, 0.3) is 95.0 Å². The van der Waals surface area contributed by atoms with Crippen LogP contribution in [0, 0.1) is 0 Å². The third-order valence-corrected chi connectivity index (χ3v) is 13.8. The first-order chi connectivity index (χ1) is 38.3. The number of para-hydroxylation sites is 1. The lowest BCUT2D eigenvalue weighted by Crippen LogP contribution is -2.14. The van der Waals surface area contributed by atoms with Gasteiger partial charge in [-0.2, -0.15) is 0 Å². The number of aromatic hydroxyl groups is 1. The minimum absolute atomic E-state index is 0.0147. The van der Waals surface area contributed by atoms with Gasteiger partial charge in [0.1, 0.15) is 11.6 Å². The number of pyridine rings is 1. The summed E-state index contributed by atoms with van der Waals surface area (Å²) in [6.07, 6.45) is 1.68. The quantitative estimate of drug-likeness (QED) is 0.149. The van der Waals surface area contributed by atoms with E-state index in [9.17, 15) is 5.11 Å². The Morgan fingerprint density at radius 2 is 1.10 bits per heavy atom. The third kappa shape index (κ3) is 9.30. The number of nitrogens with zero attached hydrogens (tertiary/aromatic N) is 3. The summed E-state index contributed by atoms with van der Waals surface area (Å²) in [5, 5.41) is 12.6. The summed E-state index contributed by atoms with van der Waals surface area (Å²) >= 11 is 0. The zero-order valence-corrected chi connectivity index (χ0v) is 41.9. The van der Waals surface area contributed by atoms with Crippen molar-refractivity contribution in [3.8, 4) is 89.7 Å². The highest BCUT2D eigenvalue weighted by atomic mass is 16.3. The van der Waals surface area contributed by atoms with E-state index in [-0.39, 0.29) is 28.6 Å². The van der Waals surface area contributed by atoms with E-state index in [1.807, 2.05) is 36.4 Å². The molecule has 0 aliphatic carbocycles. The second kappa shape index (κ2) is 19.1. The van der Waals surface area contributed by atoms with E-state index in [1.165, 1.54) is 17.7 Å². The number of hydrogen-bond donors (Lipinski definition) is 1. The fourth-order valence-corrected chi connectivity index (χ4v) is 9.89. The van der Waals surface area contributed by atoms with Crippen LogP contribution >= 0.6 is 0 Å². The molecule has 2 aromatic heterocycles. The summed E-state index contributed by atoms with van der Waals surface area (Å²) in [5.41, 5.74) is 13.0. The van der Waals surface area contributed by atoms with Crippen LogP contribution in [0.4, 0.5) is 0 Å². The number of imidazole rings is 1. The van der Waals surface area contributed by atoms with Crippen LogP contribution in [-0.2, 0) is 10.8 Å². The minimum atomic E-state index is -3.38. The highest BCUT2D eigenvalue weighted by Gasteiger charge is 2.28. The highest BCUT2D eigenvalue weighted by Crippen LogP contribution is 2.47. The molecule has 10 rings (SSSR count). The van der Waals surface area contributed by atoms with Crippen LogP contribution in [0.2, 0.25) is 0 Å². The van der Waals surface area contributed by atoms with Gasteiger partial charge in [0.05, 0.1) is 28.0 Å². The molecule has 0 bridgehead atoms. The molecule has 0 fully saturated rings. The van der Waals surface area contributed by atoms with Crippen molar-refractivity contribution in [2.75, 3.05) is 0 Å². The van der Waals surface area contributed by atoms with E-state index < -0.39 is 26.0 Å². The van der Waals surface area contributed by atoms with Crippen molar-refractivity contribution >= 4 is 11.0 Å². The molecule has 0 atom stereocenters. The molecule has 0 amide bonds. The first-order valence-corrected chi connectivity index (χ1v) is 24.7. The van der Waals surface area contributed by atoms with E-state index in [2.05, 4.69) is 174 Å². The predicted molar refractivity (Wildman–Crippen MR) is 304 cm³/mol. The fraction of sp³-hybridized carbons (Fsp3) is 0.206. The summed E-state index contributed by atoms with van der Waals surface area (Å²) in [5.74, 6) is 0.942. The van der Waals surface area contributed by atoms with Gasteiger partial charge in [0, 0.05) is 35.2 Å². The second-order valence-electron chi connectivity index (χ2n) is 20.6. The molecule has 358 valence electrons. The molecule has 0 radical (unpaired) electrons. The Bertz CT molecular complexity index is 3890. The van der Waals surface area contributed by atoms with Crippen molar-refractivity contribution in [1.82, 2.24) is 14.5 Å². The number of phenols is 1. The standard InChI is InChI=1S/C68H65N3O/c1-43(2)50-38-56(44(3)4)65(72)59(39-50)66-70-64-55(27-20-28-62(64)71(66)63-42-57(47-23-16-12-17-24-47)60(68(8,9)10)41-58(63)48-25-18-13-19-26-48)52-35-51(45-21-14-11-15-22-45)36-53(37-52)61-40-49(33-34-69-61)46-29-31-54(32-30-46)67(5,6)7/h11-44,72H,1-10H3/i5D3,6D3,7D3. The van der Waals surface area contributed by atoms with Gasteiger partial charge in [-0.3, -0.25) is 9.55 Å². The molecule has 72 heavy (non-hydrogen) atoms. The average Bonchev–Trinajstić information content (AvgIpc) is 2.44. The van der Waals surface area contributed by atoms with Gasteiger partial charge < -0.3 is 5.11 Å². The molecule has 4 heteroatoms. The summed E-state index contributed by atoms with van der Waals surface area (Å²) in [6.45, 7) is 5.14. The Morgan fingerprint density at radius 1 is 0.486 bits per heavy atom. The van der Waals surface area contributed by atoms with Crippen LogP contribution in [0.1, 0.15) is 115 Å². The Balaban J connectivity index is 1.23. The van der Waals surface area contributed by atoms with Gasteiger partial charge in [0.15, 0.2) is 0 Å². The molecule has 10 aromatic rings. The van der Waals surface area contributed by atoms with Crippen molar-refractivity contribution in [1.29, 1.82) is 0 Å². The lowest BCUT2D eigenvalue weighted by molar-refractivity contribution is 0.466. The first kappa shape index (κ1) is 37.9. The van der Waals surface area contributed by atoms with Gasteiger partial charge >= 0.3 is 0 Å². The molecule has 0 aliphatic rings. The largest absolute Gasteiger partial charge is 0.507 e. The molecular weight excluding hydrogens is 875 g/mol. The molecule has 0 aliphatic heterocycles. The van der Waals surface area contributed by atoms with Gasteiger partial charge in [-0.15, -0.1) is 0 Å². The van der Waals surface area contributed by atoms with Gasteiger partial charge in [-0.1, -0.05) is 202 Å². The molecule has 2 heterocycles. The Morgan fingerprint density at radius 3 is 1.72 bits per heavy atom. The third-order valence-electron chi connectivity index (χ3n) is 13.8. The zero-order chi connectivity index (χ0) is 58.0. The summed E-state index contributed by atoms with van der Waals surface area (Å²) in [6, 6.07) is 61.9. The number of hydrogen-bond acceptors (Lipinski definition) is 3. The van der Waals surface area contributed by atoms with E-state index in [4.69, 9.17) is 22.3 Å². The lowest BCUT2D eigenvalue weighted by Gasteiger charge is -2.27. The molecule has 0 saturated heterocycles. The van der Waals surface area contributed by atoms with Crippen molar-refractivity contribution in [3.05, 3.63) is 217 Å². The maximum Gasteiger partial charge on any atom is 0.149 e. The molecule has 0 saturated carbocycles. The fourth-order valence-electron chi connectivity index (χ4n) is 9.89. The molecule has 0 unspecified atom stereocenters. The maximum absolute atomic E-state index is 12.6. The maximum atomic E-state index is 12.6. The highest BCUT2D eigenvalue weighted by molar-refractivity contribution is 5.99. The summed E-state index contributed by atoms with van der Waals surface area (Å²) in [4.78, 5) is 10.6. The Labute approximate surface area is 439 Å². The smallest absolute Gasteiger partial charge is 0.149 e. The Kier molecular flexibility index (Phi) is 10.0. The van der Waals surface area contributed by atoms with Crippen LogP contribution in [-0.4, -0.2) is 19.6 Å². The van der Waals surface area contributed by atoms with E-state index >= 15 is 0 Å². The number of aromatic nitrogens is 3. The SMILES string of the molecule is [2H]C([2H])([2H])C(c1ccc(-c2ccnc(-c3cc(-c4ccccc4)cc(-c4cccc5c4nc(-c4cc(C(C)C)cc(C(C)C)c4O)n5-c4cc(-c5ccccc5)c(C(C)(C)C)cc4-c4ccccc4)c3)c2)cc1)(C([2H])([2H])[2H])C([2H])([2H])[2H]. The van der Waals surface area contributed by atoms with Crippen LogP contribution in [0.5, 0.6) is 5.75 Å². The number of phenolic OH excluding ortho intramolecular Hbond substituents is 1. The zero-order valence-electron chi connectivity index (χ0n) is 50.9. The number of fused-ring (bicyclic) bond motifs is 1. The van der Waals surface area contributed by atoms with E-state index in [1.54, 1.807) is 24.4 Å². The van der Waals surface area contributed by atoms with Crippen LogP contribution in [0.15, 0.2) is 194 Å². The normalized spacial score (nSPS) is 14.4. The number of benzene rings is 8. The summed E-state index contributed by atoms with van der Waals surface area (Å²) < 4.78 is 76.6. The van der Waals surface area contributed by atoms with Crippen molar-refractivity contribution in [2.45, 2.75) is 91.7 Å². The molecule has 4 nitrogen and oxygen atoms in total. The average molecular weight is 949 g/mol. The van der Waals surface area contributed by atoms with Crippen LogP contribution in [0.3, 0.4) is 0 Å². The molecule has 8 aromatic carbocycles. The van der Waals surface area contributed by atoms with Gasteiger partial charge in [-0.05, 0) is 144 Å². The first-order valence-electron chi connectivity index (χ1n) is 29.2. The lowest BCUT2D eigenvalue weighted by atomic mass is 9.79. The van der Waals surface area contributed by atoms with Crippen molar-refractivity contribution in [3.63, 3.8) is 0 Å². The topological polar surface area (TPSA) is 50.9 Å². The van der Waals surface area contributed by atoms with Gasteiger partial charge in [0.25, 0.3) is 0 Å². The van der Waals surface area contributed by atoms with Gasteiger partial charge in [-0.25, -0.2) is 4.98 Å². The second-order valence-corrected chi connectivity index (χ2v) is 20.6. The monoisotopic (exact) mass is 949 g/mol. The van der Waals surface area contributed by atoms with Crippen molar-refractivity contribution in [2.24, 2.45) is 0 Å². The molecular formula is C68H65N3O. The van der Waals surface area contributed by atoms with E-state index in [0.717, 1.165) is 72.4 Å². The molecule has 0 spiro atoms. The minimum Gasteiger partial charge on any atom is -0.507 e. The number of rotatable bonds is 10. The van der Waals surface area contributed by atoms with Crippen LogP contribution < -0.4 is 0 Å². The Hall–Kier alpha value is -7.82. The molecule has 1 N–H and O–H groups in total. The summed E-state index contributed by atoms with van der Waals surface area (Å²) in [7, 11) is 0. The van der Waals surface area contributed by atoms with Crippen molar-refractivity contribution < 1.29 is 17.4 Å².